The van der Waals surface area contributed by atoms with Crippen molar-refractivity contribution in [3.63, 3.8) is 0 Å². The lowest BCUT2D eigenvalue weighted by Crippen LogP contribution is -2.79. The van der Waals surface area contributed by atoms with Gasteiger partial charge in [0.2, 0.25) is 11.8 Å². The van der Waals surface area contributed by atoms with Crippen molar-refractivity contribution in [3.8, 4) is 5.75 Å². The lowest BCUT2D eigenvalue weighted by molar-refractivity contribution is -0.189. The summed E-state index contributed by atoms with van der Waals surface area (Å²) in [6.45, 7) is 12.8. The normalized spacial score (nSPS) is 42.4. The molecule has 2 bridgehead atoms. The summed E-state index contributed by atoms with van der Waals surface area (Å²) in [5.41, 5.74) is 0.867. The van der Waals surface area contributed by atoms with Crippen molar-refractivity contribution in [2.24, 2.45) is 17.3 Å². The van der Waals surface area contributed by atoms with Gasteiger partial charge < -0.3 is 15.0 Å². The van der Waals surface area contributed by atoms with Crippen LogP contribution >= 0.6 is 0 Å². The summed E-state index contributed by atoms with van der Waals surface area (Å²) in [5, 5.41) is 3.30. The Kier molecular flexibility index (Phi) is 3.53. The van der Waals surface area contributed by atoms with Crippen molar-refractivity contribution >= 4 is 23.6 Å². The second-order valence-electron chi connectivity index (χ2n) is 13.0. The van der Waals surface area contributed by atoms with E-state index < -0.39 is 11.0 Å². The minimum absolute atomic E-state index is 0.0814. The number of piperazine rings is 1. The number of nitrogens with one attached hydrogen (secondary N) is 1. The van der Waals surface area contributed by atoms with Gasteiger partial charge in [0.15, 0.2) is 0 Å². The summed E-state index contributed by atoms with van der Waals surface area (Å²) in [5.74, 6) is 1.78. The fraction of sp³-hybridized carbons (Fsp3) is 0.643. The molecular weight excluding hydrogens is 426 g/mol. The van der Waals surface area contributed by atoms with Gasteiger partial charge in [0.1, 0.15) is 16.9 Å². The fourth-order valence-corrected chi connectivity index (χ4v) is 9.17. The van der Waals surface area contributed by atoms with Crippen molar-refractivity contribution in [3.05, 3.63) is 29.3 Å². The maximum absolute atomic E-state index is 14.1. The van der Waals surface area contributed by atoms with Crippen LogP contribution < -0.4 is 10.1 Å². The highest BCUT2D eigenvalue weighted by molar-refractivity contribution is 6.10. The van der Waals surface area contributed by atoms with Gasteiger partial charge in [-0.25, -0.2) is 0 Å². The van der Waals surface area contributed by atoms with Crippen LogP contribution in [0.2, 0.25) is 0 Å². The van der Waals surface area contributed by atoms with Gasteiger partial charge in [0.25, 0.3) is 0 Å². The molecule has 1 aliphatic carbocycles. The van der Waals surface area contributed by atoms with Gasteiger partial charge in [-0.05, 0) is 80.7 Å². The SMILES string of the molecule is C[C@H]1CCN2C[C@]34C[C@@]5(C(=O)Nc6c5ccc5c6C=CC(C)(C)O5)C(C)(C)[C@@H]3C[C@]12C(=O)N4C. The number of fused-ring (bicyclic) bond motifs is 5. The monoisotopic (exact) mass is 461 g/mol. The van der Waals surface area contributed by atoms with Crippen LogP contribution in [0.15, 0.2) is 18.2 Å². The average Bonchev–Trinajstić information content (AvgIpc) is 3.32. The second kappa shape index (κ2) is 5.72. The molecule has 1 aromatic rings. The number of ether oxygens (including phenoxy) is 1. The first-order valence-electron chi connectivity index (χ1n) is 12.8. The van der Waals surface area contributed by atoms with Crippen LogP contribution in [0.25, 0.3) is 6.08 Å². The first-order chi connectivity index (χ1) is 15.9. The minimum Gasteiger partial charge on any atom is -0.483 e. The molecule has 5 fully saturated rings. The van der Waals surface area contributed by atoms with Crippen molar-refractivity contribution < 1.29 is 14.3 Å². The van der Waals surface area contributed by atoms with Crippen LogP contribution in [0, 0.1) is 17.3 Å². The van der Waals surface area contributed by atoms with Crippen LogP contribution in [0.4, 0.5) is 5.69 Å². The first-order valence-corrected chi connectivity index (χ1v) is 12.8. The smallest absolute Gasteiger partial charge is 0.243 e. The summed E-state index contributed by atoms with van der Waals surface area (Å²) < 4.78 is 6.22. The molecule has 6 nitrogen and oxygen atoms in total. The van der Waals surface area contributed by atoms with E-state index in [0.29, 0.717) is 12.3 Å². The third-order valence-electron chi connectivity index (χ3n) is 11.0. The molecule has 1 N–H and O–H groups in total. The van der Waals surface area contributed by atoms with Crippen LogP contribution in [-0.4, -0.2) is 58.4 Å². The molecule has 2 amide bonds. The highest BCUT2D eigenvalue weighted by Gasteiger charge is 2.80. The number of amides is 2. The van der Waals surface area contributed by atoms with E-state index in [1.165, 1.54) is 0 Å². The topological polar surface area (TPSA) is 61.9 Å². The number of likely N-dealkylation sites (N-methyl/N-ethyl adjacent to an activating group) is 1. The molecule has 4 saturated heterocycles. The summed E-state index contributed by atoms with van der Waals surface area (Å²) in [6, 6.07) is 4.16. The molecule has 1 aromatic carbocycles. The van der Waals surface area contributed by atoms with E-state index in [9.17, 15) is 9.59 Å². The van der Waals surface area contributed by atoms with E-state index in [1.807, 2.05) is 27.0 Å². The maximum Gasteiger partial charge on any atom is 0.243 e. The Morgan fingerprint density at radius 3 is 2.68 bits per heavy atom. The quantitative estimate of drug-likeness (QED) is 0.638. The molecule has 6 heteroatoms. The largest absolute Gasteiger partial charge is 0.483 e. The zero-order valence-corrected chi connectivity index (χ0v) is 21.1. The Morgan fingerprint density at radius 1 is 1.15 bits per heavy atom. The van der Waals surface area contributed by atoms with E-state index in [0.717, 1.165) is 48.5 Å². The van der Waals surface area contributed by atoms with Gasteiger partial charge in [-0.3, -0.25) is 14.5 Å². The molecule has 5 atom stereocenters. The Balaban J connectivity index is 1.43. The van der Waals surface area contributed by atoms with Crippen LogP contribution in [0.3, 0.4) is 0 Å². The number of anilines is 1. The Bertz CT molecular complexity index is 1220. The van der Waals surface area contributed by atoms with Crippen molar-refractivity contribution in [1.82, 2.24) is 9.80 Å². The highest BCUT2D eigenvalue weighted by Crippen LogP contribution is 2.72. The molecule has 6 heterocycles. The lowest BCUT2D eigenvalue weighted by atomic mass is 9.56. The number of carbonyl (C=O) groups is 2. The van der Waals surface area contributed by atoms with Crippen LogP contribution in [0.1, 0.15) is 65.0 Å². The second-order valence-corrected chi connectivity index (χ2v) is 13.0. The van der Waals surface area contributed by atoms with Crippen LogP contribution in [-0.2, 0) is 15.0 Å². The lowest BCUT2D eigenvalue weighted by Gasteiger charge is -2.65. The van der Waals surface area contributed by atoms with E-state index in [2.05, 4.69) is 54.1 Å². The predicted octanol–water partition coefficient (Wildman–Crippen LogP) is 3.80. The highest BCUT2D eigenvalue weighted by atomic mass is 16.5. The number of nitrogens with zero attached hydrogens (tertiary/aromatic N) is 2. The zero-order valence-electron chi connectivity index (χ0n) is 21.1. The van der Waals surface area contributed by atoms with Gasteiger partial charge in [0.05, 0.1) is 16.6 Å². The summed E-state index contributed by atoms with van der Waals surface area (Å²) in [7, 11) is 2.01. The minimum atomic E-state index is -0.675. The molecule has 6 aliphatic heterocycles. The fourth-order valence-electron chi connectivity index (χ4n) is 9.17. The molecule has 0 aromatic heterocycles. The summed E-state index contributed by atoms with van der Waals surface area (Å²) in [4.78, 5) is 32.5. The van der Waals surface area contributed by atoms with Gasteiger partial charge in [0, 0.05) is 19.2 Å². The molecule has 180 valence electrons. The van der Waals surface area contributed by atoms with E-state index in [1.54, 1.807) is 0 Å². The van der Waals surface area contributed by atoms with E-state index in [-0.39, 0.29) is 34.3 Å². The molecule has 8 rings (SSSR count). The zero-order chi connectivity index (χ0) is 24.1. The van der Waals surface area contributed by atoms with Crippen molar-refractivity contribution in [1.29, 1.82) is 0 Å². The maximum atomic E-state index is 14.1. The molecule has 0 unspecified atom stereocenters. The van der Waals surface area contributed by atoms with Crippen LogP contribution in [0.5, 0.6) is 5.75 Å². The number of piperidine rings is 2. The van der Waals surface area contributed by atoms with Gasteiger partial charge >= 0.3 is 0 Å². The first kappa shape index (κ1) is 21.0. The third kappa shape index (κ3) is 1.95. The van der Waals surface area contributed by atoms with Gasteiger partial charge in [-0.2, -0.15) is 0 Å². The molecule has 3 spiro atoms. The molecule has 1 saturated carbocycles. The number of hydrogen-bond acceptors (Lipinski definition) is 4. The standard InChI is InChI=1S/C28H35N3O3/c1-16-10-12-31-15-26-14-27(25(4,5)20(26)13-28(16,31)23(33)30(26)6)18-7-8-19-17(21(18)29-22(27)32)9-11-24(2,3)34-19/h7-9,11,16,20H,10,12-15H2,1-6H3,(H,29,32)/t16-,20-,26+,27+,28+/m0/s1. The van der Waals surface area contributed by atoms with E-state index in [4.69, 9.17) is 4.74 Å². The van der Waals surface area contributed by atoms with E-state index >= 15 is 0 Å². The number of hydrogen-bond donors (Lipinski definition) is 1. The predicted molar refractivity (Wildman–Crippen MR) is 131 cm³/mol. The Morgan fingerprint density at radius 2 is 1.91 bits per heavy atom. The molecular formula is C28H35N3O3. The summed E-state index contributed by atoms with van der Waals surface area (Å²) >= 11 is 0. The number of benzene rings is 1. The molecule has 7 aliphatic rings. The van der Waals surface area contributed by atoms with Crippen molar-refractivity contribution in [2.75, 3.05) is 25.5 Å². The Hall–Kier alpha value is -2.34. The average molecular weight is 462 g/mol. The molecule has 34 heavy (non-hydrogen) atoms. The number of rotatable bonds is 0. The van der Waals surface area contributed by atoms with Crippen molar-refractivity contribution in [2.45, 2.75) is 76.0 Å². The summed E-state index contributed by atoms with van der Waals surface area (Å²) in [6.07, 6.45) is 6.77. The third-order valence-corrected chi connectivity index (χ3v) is 11.0. The molecule has 0 radical (unpaired) electrons. The number of carbonyl (C=O) groups excluding carboxylic acids is 2. The van der Waals surface area contributed by atoms with Gasteiger partial charge in [-0.15, -0.1) is 0 Å². The Labute approximate surface area is 201 Å². The van der Waals surface area contributed by atoms with Gasteiger partial charge in [-0.1, -0.05) is 26.8 Å².